The standard InChI is InChI=1S/C19H21NO4S/c1-13-10-16(14(2)25-13)17(21)8-9-18(22)20-11-19(23)24-12-15-6-4-3-5-7-15/h3-7,10H,8-9,11-12H2,1-2H3,(H,20,22). The number of benzene rings is 1. The number of hydrogen-bond acceptors (Lipinski definition) is 5. The number of carbonyl (C=O) groups is 3. The Kier molecular flexibility index (Phi) is 6.89. The van der Waals surface area contributed by atoms with Crippen molar-refractivity contribution in [1.82, 2.24) is 5.32 Å². The number of carbonyl (C=O) groups excluding carboxylic acids is 3. The Morgan fingerprint density at radius 3 is 2.44 bits per heavy atom. The third-order valence-electron chi connectivity index (χ3n) is 3.59. The molecule has 5 nitrogen and oxygen atoms in total. The van der Waals surface area contributed by atoms with Crippen LogP contribution in [0.15, 0.2) is 36.4 Å². The molecule has 0 saturated carbocycles. The summed E-state index contributed by atoms with van der Waals surface area (Å²) >= 11 is 1.57. The Hall–Kier alpha value is -2.47. The van der Waals surface area contributed by atoms with Gasteiger partial charge < -0.3 is 10.1 Å². The largest absolute Gasteiger partial charge is 0.460 e. The van der Waals surface area contributed by atoms with Crippen LogP contribution >= 0.6 is 11.3 Å². The SMILES string of the molecule is Cc1cc(C(=O)CCC(=O)NCC(=O)OCc2ccccc2)c(C)s1. The van der Waals surface area contributed by atoms with E-state index in [1.54, 1.807) is 11.3 Å². The number of aryl methyl sites for hydroxylation is 2. The van der Waals surface area contributed by atoms with Crippen LogP contribution in [0.4, 0.5) is 0 Å². The fourth-order valence-electron chi connectivity index (χ4n) is 2.32. The zero-order chi connectivity index (χ0) is 18.2. The van der Waals surface area contributed by atoms with Gasteiger partial charge in [0, 0.05) is 28.2 Å². The van der Waals surface area contributed by atoms with E-state index in [1.165, 1.54) is 0 Å². The monoisotopic (exact) mass is 359 g/mol. The van der Waals surface area contributed by atoms with Gasteiger partial charge in [-0.1, -0.05) is 30.3 Å². The van der Waals surface area contributed by atoms with E-state index in [2.05, 4.69) is 5.32 Å². The number of nitrogens with one attached hydrogen (secondary N) is 1. The number of rotatable bonds is 8. The zero-order valence-electron chi connectivity index (χ0n) is 14.3. The number of esters is 1. The number of ether oxygens (including phenoxy) is 1. The molecule has 1 N–H and O–H groups in total. The third-order valence-corrected chi connectivity index (χ3v) is 4.56. The molecule has 0 atom stereocenters. The molecule has 1 heterocycles. The van der Waals surface area contributed by atoms with E-state index in [1.807, 2.05) is 50.2 Å². The number of thiophene rings is 1. The molecular weight excluding hydrogens is 338 g/mol. The lowest BCUT2D eigenvalue weighted by atomic mass is 10.1. The highest BCUT2D eigenvalue weighted by molar-refractivity contribution is 7.12. The maximum absolute atomic E-state index is 12.1. The molecule has 0 saturated heterocycles. The second-order valence-corrected chi connectivity index (χ2v) is 7.13. The van der Waals surface area contributed by atoms with Gasteiger partial charge in [0.15, 0.2) is 5.78 Å². The maximum atomic E-state index is 12.1. The van der Waals surface area contributed by atoms with E-state index >= 15 is 0 Å². The van der Waals surface area contributed by atoms with Gasteiger partial charge in [-0.3, -0.25) is 14.4 Å². The van der Waals surface area contributed by atoms with Crippen LogP contribution in [0.2, 0.25) is 0 Å². The predicted octanol–water partition coefficient (Wildman–Crippen LogP) is 3.19. The summed E-state index contributed by atoms with van der Waals surface area (Å²) in [4.78, 5) is 37.6. The third kappa shape index (κ3) is 6.15. The normalized spacial score (nSPS) is 10.3. The lowest BCUT2D eigenvalue weighted by Gasteiger charge is -2.06. The molecule has 1 aromatic carbocycles. The van der Waals surface area contributed by atoms with Crippen molar-refractivity contribution < 1.29 is 19.1 Å². The molecule has 0 radical (unpaired) electrons. The van der Waals surface area contributed by atoms with Crippen molar-refractivity contribution in [2.24, 2.45) is 0 Å². The van der Waals surface area contributed by atoms with Crippen molar-refractivity contribution in [3.8, 4) is 0 Å². The first-order chi connectivity index (χ1) is 12.0. The van der Waals surface area contributed by atoms with Crippen molar-refractivity contribution in [1.29, 1.82) is 0 Å². The highest BCUT2D eigenvalue weighted by Gasteiger charge is 2.14. The molecule has 0 aliphatic carbocycles. The number of ketones is 1. The highest BCUT2D eigenvalue weighted by Crippen LogP contribution is 2.22. The lowest BCUT2D eigenvalue weighted by Crippen LogP contribution is -2.30. The molecule has 1 amide bonds. The van der Waals surface area contributed by atoms with E-state index in [9.17, 15) is 14.4 Å². The summed E-state index contributed by atoms with van der Waals surface area (Å²) in [7, 11) is 0. The Morgan fingerprint density at radius 2 is 1.80 bits per heavy atom. The molecule has 0 spiro atoms. The van der Waals surface area contributed by atoms with Gasteiger partial charge in [-0.2, -0.15) is 0 Å². The molecule has 1 aromatic heterocycles. The zero-order valence-corrected chi connectivity index (χ0v) is 15.2. The first-order valence-corrected chi connectivity index (χ1v) is 8.84. The smallest absolute Gasteiger partial charge is 0.325 e. The Labute approximate surface area is 151 Å². The van der Waals surface area contributed by atoms with Gasteiger partial charge >= 0.3 is 5.97 Å². The lowest BCUT2D eigenvalue weighted by molar-refractivity contribution is -0.145. The molecule has 6 heteroatoms. The molecule has 132 valence electrons. The van der Waals surface area contributed by atoms with Gasteiger partial charge in [0.1, 0.15) is 13.2 Å². The van der Waals surface area contributed by atoms with Gasteiger partial charge in [-0.25, -0.2) is 0 Å². The van der Waals surface area contributed by atoms with E-state index < -0.39 is 5.97 Å². The first-order valence-electron chi connectivity index (χ1n) is 8.02. The topological polar surface area (TPSA) is 72.5 Å². The van der Waals surface area contributed by atoms with Crippen LogP contribution in [0.1, 0.15) is 38.5 Å². The van der Waals surface area contributed by atoms with Gasteiger partial charge in [-0.15, -0.1) is 11.3 Å². The molecule has 0 fully saturated rings. The predicted molar refractivity (Wildman–Crippen MR) is 96.6 cm³/mol. The van der Waals surface area contributed by atoms with Crippen molar-refractivity contribution in [2.75, 3.05) is 6.54 Å². The van der Waals surface area contributed by atoms with Crippen molar-refractivity contribution in [3.63, 3.8) is 0 Å². The summed E-state index contributed by atoms with van der Waals surface area (Å²) < 4.78 is 5.07. The second kappa shape index (κ2) is 9.13. The van der Waals surface area contributed by atoms with Crippen LogP contribution in [-0.2, 0) is 20.9 Å². The highest BCUT2D eigenvalue weighted by atomic mass is 32.1. The minimum atomic E-state index is -0.507. The van der Waals surface area contributed by atoms with Crippen LogP contribution in [0.25, 0.3) is 0 Å². The molecule has 0 aliphatic heterocycles. The summed E-state index contributed by atoms with van der Waals surface area (Å²) in [6.45, 7) is 3.82. The van der Waals surface area contributed by atoms with Crippen LogP contribution < -0.4 is 5.32 Å². The molecule has 0 bridgehead atoms. The second-order valence-electron chi connectivity index (χ2n) is 5.67. The van der Waals surface area contributed by atoms with E-state index in [4.69, 9.17) is 4.74 Å². The van der Waals surface area contributed by atoms with Gasteiger partial charge in [0.2, 0.25) is 5.91 Å². The fourth-order valence-corrected chi connectivity index (χ4v) is 3.26. The Balaban J connectivity index is 1.67. The maximum Gasteiger partial charge on any atom is 0.325 e. The van der Waals surface area contributed by atoms with Crippen molar-refractivity contribution in [3.05, 3.63) is 57.3 Å². The quantitative estimate of drug-likeness (QED) is 0.580. The van der Waals surface area contributed by atoms with Gasteiger partial charge in [-0.05, 0) is 25.5 Å². The summed E-state index contributed by atoms with van der Waals surface area (Å²) in [6.07, 6.45) is 0.182. The molecule has 25 heavy (non-hydrogen) atoms. The van der Waals surface area contributed by atoms with Gasteiger partial charge in [0.05, 0.1) is 0 Å². The van der Waals surface area contributed by atoms with E-state index in [0.717, 1.165) is 15.3 Å². The number of Topliss-reactive ketones (excluding diaryl/α,β-unsaturated/α-hetero) is 1. The summed E-state index contributed by atoms with van der Waals surface area (Å²) in [5.41, 5.74) is 1.56. The molecule has 0 aliphatic rings. The summed E-state index contributed by atoms with van der Waals surface area (Å²) in [6, 6.07) is 11.2. The van der Waals surface area contributed by atoms with Crippen LogP contribution in [0.3, 0.4) is 0 Å². The van der Waals surface area contributed by atoms with Crippen LogP contribution in [-0.4, -0.2) is 24.2 Å². The minimum Gasteiger partial charge on any atom is -0.460 e. The van der Waals surface area contributed by atoms with Crippen molar-refractivity contribution in [2.45, 2.75) is 33.3 Å². The number of hydrogen-bond donors (Lipinski definition) is 1. The molecule has 0 unspecified atom stereocenters. The Bertz CT molecular complexity index is 752. The van der Waals surface area contributed by atoms with Crippen molar-refractivity contribution >= 4 is 29.0 Å². The average Bonchev–Trinajstić information content (AvgIpc) is 2.95. The first kappa shape index (κ1) is 18.9. The molecule has 2 rings (SSSR count). The fraction of sp³-hybridized carbons (Fsp3) is 0.316. The Morgan fingerprint density at radius 1 is 1.08 bits per heavy atom. The average molecular weight is 359 g/mol. The minimum absolute atomic E-state index is 0.0522. The number of amides is 1. The van der Waals surface area contributed by atoms with Crippen LogP contribution in [0.5, 0.6) is 0 Å². The molecular formula is C19H21NO4S. The molecule has 2 aromatic rings. The van der Waals surface area contributed by atoms with E-state index in [-0.39, 0.29) is 37.7 Å². The van der Waals surface area contributed by atoms with Gasteiger partial charge in [0.25, 0.3) is 0 Å². The summed E-state index contributed by atoms with van der Waals surface area (Å²) in [5.74, 6) is -0.897. The summed E-state index contributed by atoms with van der Waals surface area (Å²) in [5, 5.41) is 2.48. The van der Waals surface area contributed by atoms with Crippen LogP contribution in [0, 0.1) is 13.8 Å². The van der Waals surface area contributed by atoms with E-state index in [0.29, 0.717) is 5.56 Å².